The van der Waals surface area contributed by atoms with Gasteiger partial charge in [-0.15, -0.1) is 0 Å². The summed E-state index contributed by atoms with van der Waals surface area (Å²) in [7, 11) is 0. The van der Waals surface area contributed by atoms with E-state index in [0.717, 1.165) is 19.3 Å². The number of hydrogen-bond donors (Lipinski definition) is 3. The summed E-state index contributed by atoms with van der Waals surface area (Å²) in [5.41, 5.74) is 0. The van der Waals surface area contributed by atoms with Crippen LogP contribution in [0.2, 0.25) is 0 Å². The fraction of sp³-hybridized carbons (Fsp3) is 0.923. The lowest BCUT2D eigenvalue weighted by Crippen LogP contribution is -2.42. The van der Waals surface area contributed by atoms with Gasteiger partial charge in [0.15, 0.2) is 0 Å². The Hall–Kier alpha value is -0.460. The molecular formula is C26H50O5. The van der Waals surface area contributed by atoms with E-state index in [0.29, 0.717) is 6.61 Å². The summed E-state index contributed by atoms with van der Waals surface area (Å²) < 4.78 is 11.0. The number of aliphatic hydroxyl groups is 3. The standard InChI is InChI=1S/C26H50O5/c1-2-3-4-5-6-7-8-9-10-11-12-13-14-15-16-17-18-19-20-30-24(21-27)26-25(29)23(28)22-31-26/h3-4,23-29H,2,5-22H2,1H3/b4-3+/t23-,24+,25-,26-/m1/s1. The lowest BCUT2D eigenvalue weighted by atomic mass is 10.0. The third-order valence-corrected chi connectivity index (χ3v) is 6.24. The molecule has 0 amide bonds. The third kappa shape index (κ3) is 14.3. The van der Waals surface area contributed by atoms with Crippen LogP contribution in [0, 0.1) is 0 Å². The van der Waals surface area contributed by atoms with Gasteiger partial charge >= 0.3 is 0 Å². The monoisotopic (exact) mass is 442 g/mol. The molecule has 184 valence electrons. The van der Waals surface area contributed by atoms with Gasteiger partial charge in [0.2, 0.25) is 0 Å². The predicted molar refractivity (Wildman–Crippen MR) is 127 cm³/mol. The minimum atomic E-state index is -0.977. The summed E-state index contributed by atoms with van der Waals surface area (Å²) in [5.74, 6) is 0. The molecule has 0 radical (unpaired) electrons. The molecule has 31 heavy (non-hydrogen) atoms. The number of unbranched alkanes of at least 4 members (excludes halogenated alkanes) is 14. The zero-order valence-electron chi connectivity index (χ0n) is 20.1. The van der Waals surface area contributed by atoms with Crippen LogP contribution in [0.3, 0.4) is 0 Å². The molecule has 1 heterocycles. The highest BCUT2D eigenvalue weighted by atomic mass is 16.6. The van der Waals surface area contributed by atoms with E-state index in [1.165, 1.54) is 83.5 Å². The first-order valence-electron chi connectivity index (χ1n) is 13.1. The molecule has 0 saturated carbocycles. The Bertz CT molecular complexity index is 415. The maximum Gasteiger partial charge on any atom is 0.114 e. The Labute approximate surface area is 191 Å². The molecule has 0 spiro atoms. The van der Waals surface area contributed by atoms with Gasteiger partial charge in [0.25, 0.3) is 0 Å². The van der Waals surface area contributed by atoms with Crippen molar-refractivity contribution in [1.82, 2.24) is 0 Å². The normalized spacial score (nSPS) is 22.5. The smallest absolute Gasteiger partial charge is 0.114 e. The summed E-state index contributed by atoms with van der Waals surface area (Å²) in [5, 5.41) is 28.8. The van der Waals surface area contributed by atoms with Gasteiger partial charge in [-0.3, -0.25) is 0 Å². The molecule has 5 heteroatoms. The highest BCUT2D eigenvalue weighted by Crippen LogP contribution is 2.20. The van der Waals surface area contributed by atoms with Gasteiger partial charge in [0.1, 0.15) is 24.4 Å². The number of allylic oxidation sites excluding steroid dienone is 2. The van der Waals surface area contributed by atoms with Gasteiger partial charge in [-0.1, -0.05) is 96.1 Å². The lowest BCUT2D eigenvalue weighted by molar-refractivity contribution is -0.101. The Balaban J connectivity index is 1.79. The van der Waals surface area contributed by atoms with Gasteiger partial charge in [-0.05, 0) is 25.7 Å². The van der Waals surface area contributed by atoms with E-state index >= 15 is 0 Å². The van der Waals surface area contributed by atoms with Crippen LogP contribution in [0.4, 0.5) is 0 Å². The maximum absolute atomic E-state index is 9.85. The quantitative estimate of drug-likeness (QED) is 0.166. The maximum atomic E-state index is 9.85. The van der Waals surface area contributed by atoms with Crippen LogP contribution in [0.1, 0.15) is 110 Å². The van der Waals surface area contributed by atoms with Crippen molar-refractivity contribution >= 4 is 0 Å². The Morgan fingerprint density at radius 3 is 1.77 bits per heavy atom. The molecule has 0 aliphatic carbocycles. The van der Waals surface area contributed by atoms with Crippen molar-refractivity contribution in [3.05, 3.63) is 12.2 Å². The van der Waals surface area contributed by atoms with E-state index in [9.17, 15) is 15.3 Å². The highest BCUT2D eigenvalue weighted by Gasteiger charge is 2.40. The molecule has 0 unspecified atom stereocenters. The first-order valence-corrected chi connectivity index (χ1v) is 13.1. The predicted octanol–water partition coefficient (Wildman–Crippen LogP) is 5.30. The Morgan fingerprint density at radius 1 is 0.806 bits per heavy atom. The van der Waals surface area contributed by atoms with Gasteiger partial charge in [0, 0.05) is 6.61 Å². The first-order chi connectivity index (χ1) is 15.2. The molecule has 1 fully saturated rings. The molecule has 0 bridgehead atoms. The van der Waals surface area contributed by atoms with Crippen molar-refractivity contribution in [3.63, 3.8) is 0 Å². The summed E-state index contributed by atoms with van der Waals surface area (Å²) in [6, 6.07) is 0. The second kappa shape index (κ2) is 20.2. The average Bonchev–Trinajstić information content (AvgIpc) is 3.11. The SMILES string of the molecule is CC/C=C/CCCCCCCCCCCCCCCCO[C@@H](CO)[C@H]1OC[C@@H](O)[C@H]1O. The number of hydrogen-bond acceptors (Lipinski definition) is 5. The van der Waals surface area contributed by atoms with Gasteiger partial charge in [-0.2, -0.15) is 0 Å². The number of rotatable bonds is 21. The van der Waals surface area contributed by atoms with Crippen molar-refractivity contribution in [3.8, 4) is 0 Å². The zero-order valence-corrected chi connectivity index (χ0v) is 20.1. The van der Waals surface area contributed by atoms with Crippen LogP contribution in [-0.4, -0.2) is 59.6 Å². The second-order valence-electron chi connectivity index (χ2n) is 9.07. The summed E-state index contributed by atoms with van der Waals surface area (Å²) in [6.45, 7) is 2.65. The van der Waals surface area contributed by atoms with Crippen molar-refractivity contribution in [2.75, 3.05) is 19.8 Å². The molecule has 1 aliphatic heterocycles. The van der Waals surface area contributed by atoms with Crippen LogP contribution in [0.15, 0.2) is 12.2 Å². The Morgan fingerprint density at radius 2 is 1.32 bits per heavy atom. The fourth-order valence-electron chi connectivity index (χ4n) is 4.21. The summed E-state index contributed by atoms with van der Waals surface area (Å²) in [6.07, 6.45) is 22.4. The van der Waals surface area contributed by atoms with E-state index in [2.05, 4.69) is 19.1 Å². The van der Waals surface area contributed by atoms with E-state index in [1.54, 1.807) is 0 Å². The van der Waals surface area contributed by atoms with Crippen LogP contribution in [-0.2, 0) is 9.47 Å². The third-order valence-electron chi connectivity index (χ3n) is 6.24. The summed E-state index contributed by atoms with van der Waals surface area (Å²) >= 11 is 0. The van der Waals surface area contributed by atoms with Gasteiger partial charge in [0.05, 0.1) is 13.2 Å². The molecular weight excluding hydrogens is 392 g/mol. The fourth-order valence-corrected chi connectivity index (χ4v) is 4.21. The number of ether oxygens (including phenoxy) is 2. The molecule has 3 N–H and O–H groups in total. The van der Waals surface area contributed by atoms with Crippen LogP contribution in [0.25, 0.3) is 0 Å². The van der Waals surface area contributed by atoms with E-state index in [-0.39, 0.29) is 13.2 Å². The lowest BCUT2D eigenvalue weighted by Gasteiger charge is -2.24. The second-order valence-corrected chi connectivity index (χ2v) is 9.07. The Kier molecular flexibility index (Phi) is 18.6. The van der Waals surface area contributed by atoms with Crippen molar-refractivity contribution in [1.29, 1.82) is 0 Å². The van der Waals surface area contributed by atoms with Crippen LogP contribution >= 0.6 is 0 Å². The van der Waals surface area contributed by atoms with Crippen LogP contribution < -0.4 is 0 Å². The molecule has 0 aromatic carbocycles. The van der Waals surface area contributed by atoms with E-state index < -0.39 is 24.4 Å². The average molecular weight is 443 g/mol. The molecule has 1 saturated heterocycles. The van der Waals surface area contributed by atoms with E-state index in [4.69, 9.17) is 9.47 Å². The highest BCUT2D eigenvalue weighted by molar-refractivity contribution is 4.88. The largest absolute Gasteiger partial charge is 0.394 e. The molecule has 0 aromatic rings. The van der Waals surface area contributed by atoms with Crippen LogP contribution in [0.5, 0.6) is 0 Å². The van der Waals surface area contributed by atoms with E-state index in [1.807, 2.05) is 0 Å². The van der Waals surface area contributed by atoms with Crippen molar-refractivity contribution in [2.45, 2.75) is 134 Å². The van der Waals surface area contributed by atoms with Crippen molar-refractivity contribution in [2.24, 2.45) is 0 Å². The number of aliphatic hydroxyl groups excluding tert-OH is 3. The van der Waals surface area contributed by atoms with Gasteiger partial charge in [-0.25, -0.2) is 0 Å². The molecule has 1 aliphatic rings. The molecule has 5 nitrogen and oxygen atoms in total. The first kappa shape index (κ1) is 28.6. The molecule has 1 rings (SSSR count). The zero-order chi connectivity index (χ0) is 22.6. The topological polar surface area (TPSA) is 79.2 Å². The summed E-state index contributed by atoms with van der Waals surface area (Å²) in [4.78, 5) is 0. The minimum Gasteiger partial charge on any atom is -0.394 e. The van der Waals surface area contributed by atoms with Gasteiger partial charge < -0.3 is 24.8 Å². The van der Waals surface area contributed by atoms with Crippen molar-refractivity contribution < 1.29 is 24.8 Å². The molecule has 0 aromatic heterocycles. The molecule has 4 atom stereocenters. The minimum absolute atomic E-state index is 0.100.